The standard InChI is InChI=1S/C21H24N2O10/c1-30-21-20(32-11-14-7-3-5-9-16(14)23(28)29)19(25)18(24)17(33-21)12-31-10-13-6-2-4-8-15(13)22(26)27/h2-9,17-21,24-25H,10-12H2,1H3/t17-,18-,19+,20+,21?/m1/s1. The zero-order valence-electron chi connectivity index (χ0n) is 17.7. The third-order valence-electron chi connectivity index (χ3n) is 5.22. The van der Waals surface area contributed by atoms with Crippen molar-refractivity contribution in [1.29, 1.82) is 0 Å². The summed E-state index contributed by atoms with van der Waals surface area (Å²) < 4.78 is 22.0. The van der Waals surface area contributed by atoms with Crippen LogP contribution in [0.25, 0.3) is 0 Å². The number of nitrogens with zero attached hydrogens (tertiary/aromatic N) is 2. The number of para-hydroxylation sites is 2. The van der Waals surface area contributed by atoms with Crippen molar-refractivity contribution in [2.45, 2.75) is 43.9 Å². The second-order valence-corrected chi connectivity index (χ2v) is 7.32. The smallest absolute Gasteiger partial charge is 0.274 e. The summed E-state index contributed by atoms with van der Waals surface area (Å²) in [6, 6.07) is 12.1. The Kier molecular flexibility index (Phi) is 8.38. The van der Waals surface area contributed by atoms with E-state index < -0.39 is 40.6 Å². The molecular formula is C21H24N2O10. The molecule has 0 radical (unpaired) electrons. The molecule has 12 heteroatoms. The van der Waals surface area contributed by atoms with Crippen LogP contribution in [0.1, 0.15) is 11.1 Å². The molecule has 1 saturated heterocycles. The maximum absolute atomic E-state index is 11.2. The number of methoxy groups -OCH3 is 1. The SMILES string of the molecule is COC1O[C@H](COCc2ccccc2[N+](=O)[O-])[C@@H](O)[C@H](O)[C@@H]1OCc1ccccc1[N+](=O)[O-]. The molecule has 1 heterocycles. The first-order valence-corrected chi connectivity index (χ1v) is 10.0. The van der Waals surface area contributed by atoms with E-state index in [1.807, 2.05) is 0 Å². The summed E-state index contributed by atoms with van der Waals surface area (Å²) >= 11 is 0. The maximum atomic E-state index is 11.2. The molecule has 3 rings (SSSR count). The molecule has 1 aliphatic rings. The third kappa shape index (κ3) is 5.87. The molecule has 0 bridgehead atoms. The van der Waals surface area contributed by atoms with Gasteiger partial charge in [-0.3, -0.25) is 20.2 Å². The molecule has 0 amide bonds. The lowest BCUT2D eigenvalue weighted by Gasteiger charge is -2.41. The quantitative estimate of drug-likeness (QED) is 0.391. The topological polar surface area (TPSA) is 164 Å². The summed E-state index contributed by atoms with van der Waals surface area (Å²) in [4.78, 5) is 21.2. The predicted molar refractivity (Wildman–Crippen MR) is 112 cm³/mol. The summed E-state index contributed by atoms with van der Waals surface area (Å²) in [5, 5.41) is 43.4. The third-order valence-corrected chi connectivity index (χ3v) is 5.22. The molecule has 2 aromatic rings. The zero-order chi connectivity index (χ0) is 24.0. The molecule has 5 atom stereocenters. The van der Waals surface area contributed by atoms with E-state index in [0.717, 1.165) is 0 Å². The average Bonchev–Trinajstić information content (AvgIpc) is 2.81. The molecule has 2 N–H and O–H groups in total. The first-order valence-electron chi connectivity index (χ1n) is 10.0. The van der Waals surface area contributed by atoms with Crippen LogP contribution in [0.4, 0.5) is 11.4 Å². The van der Waals surface area contributed by atoms with Crippen LogP contribution in [0.15, 0.2) is 48.5 Å². The highest BCUT2D eigenvalue weighted by Crippen LogP contribution is 2.27. The van der Waals surface area contributed by atoms with E-state index >= 15 is 0 Å². The minimum atomic E-state index is -1.44. The number of aliphatic hydroxyl groups excluding tert-OH is 2. The van der Waals surface area contributed by atoms with Gasteiger partial charge in [-0.15, -0.1) is 0 Å². The largest absolute Gasteiger partial charge is 0.387 e. The van der Waals surface area contributed by atoms with Crippen LogP contribution in [-0.4, -0.2) is 64.5 Å². The fourth-order valence-electron chi connectivity index (χ4n) is 3.50. The van der Waals surface area contributed by atoms with Crippen molar-refractivity contribution < 1.29 is 39.0 Å². The van der Waals surface area contributed by atoms with Crippen molar-refractivity contribution in [3.63, 3.8) is 0 Å². The highest BCUT2D eigenvalue weighted by atomic mass is 16.7. The van der Waals surface area contributed by atoms with Crippen molar-refractivity contribution >= 4 is 11.4 Å². The summed E-state index contributed by atoms with van der Waals surface area (Å²) in [6.07, 6.45) is -6.08. The van der Waals surface area contributed by atoms with Crippen LogP contribution in [0.2, 0.25) is 0 Å². The van der Waals surface area contributed by atoms with Gasteiger partial charge in [-0.1, -0.05) is 24.3 Å². The van der Waals surface area contributed by atoms with Crippen LogP contribution < -0.4 is 0 Å². The second-order valence-electron chi connectivity index (χ2n) is 7.32. The van der Waals surface area contributed by atoms with Crippen LogP contribution in [0, 0.1) is 20.2 Å². The Morgan fingerprint density at radius 1 is 0.909 bits per heavy atom. The lowest BCUT2D eigenvalue weighted by atomic mass is 9.99. The predicted octanol–water partition coefficient (Wildman–Crippen LogP) is 1.70. The van der Waals surface area contributed by atoms with Crippen molar-refractivity contribution in [2.75, 3.05) is 13.7 Å². The number of nitro benzene ring substituents is 2. The van der Waals surface area contributed by atoms with Gasteiger partial charge >= 0.3 is 0 Å². The minimum absolute atomic E-state index is 0.0964. The van der Waals surface area contributed by atoms with Gasteiger partial charge < -0.3 is 29.2 Å². The Morgan fingerprint density at radius 2 is 1.45 bits per heavy atom. The van der Waals surface area contributed by atoms with E-state index in [1.54, 1.807) is 24.3 Å². The van der Waals surface area contributed by atoms with Gasteiger partial charge in [0.05, 0.1) is 40.8 Å². The molecular weight excluding hydrogens is 440 g/mol. The van der Waals surface area contributed by atoms with Crippen LogP contribution in [-0.2, 0) is 32.2 Å². The maximum Gasteiger partial charge on any atom is 0.274 e. The number of rotatable bonds is 10. The van der Waals surface area contributed by atoms with E-state index in [0.29, 0.717) is 5.56 Å². The van der Waals surface area contributed by atoms with Crippen LogP contribution in [0.3, 0.4) is 0 Å². The monoisotopic (exact) mass is 464 g/mol. The van der Waals surface area contributed by atoms with Gasteiger partial charge in [0.15, 0.2) is 6.29 Å². The average molecular weight is 464 g/mol. The number of nitro groups is 2. The van der Waals surface area contributed by atoms with E-state index in [9.17, 15) is 30.4 Å². The second kappa shape index (κ2) is 11.2. The molecule has 1 aliphatic heterocycles. The molecule has 33 heavy (non-hydrogen) atoms. The van der Waals surface area contributed by atoms with E-state index in [2.05, 4.69) is 0 Å². The number of hydrogen-bond donors (Lipinski definition) is 2. The normalized spacial score (nSPS) is 25.0. The summed E-state index contributed by atoms with van der Waals surface area (Å²) in [6.45, 7) is -0.496. The number of benzene rings is 2. The first kappa shape index (κ1) is 24.6. The Hall–Kier alpha value is -3.00. The molecule has 1 fully saturated rings. The minimum Gasteiger partial charge on any atom is -0.387 e. The van der Waals surface area contributed by atoms with Crippen molar-refractivity contribution in [3.8, 4) is 0 Å². The lowest BCUT2D eigenvalue weighted by molar-refractivity contribution is -0.386. The summed E-state index contributed by atoms with van der Waals surface area (Å²) in [7, 11) is 1.32. The lowest BCUT2D eigenvalue weighted by Crippen LogP contribution is -2.60. The number of hydrogen-bond acceptors (Lipinski definition) is 10. The molecule has 1 unspecified atom stereocenters. The molecule has 0 spiro atoms. The Morgan fingerprint density at radius 3 is 2.00 bits per heavy atom. The van der Waals surface area contributed by atoms with Gasteiger partial charge in [0.1, 0.15) is 24.4 Å². The van der Waals surface area contributed by atoms with Crippen molar-refractivity contribution in [2.24, 2.45) is 0 Å². The van der Waals surface area contributed by atoms with Crippen molar-refractivity contribution in [3.05, 3.63) is 79.9 Å². The van der Waals surface area contributed by atoms with Gasteiger partial charge in [-0.05, 0) is 12.1 Å². The van der Waals surface area contributed by atoms with Gasteiger partial charge in [-0.2, -0.15) is 0 Å². The molecule has 0 aromatic heterocycles. The highest BCUT2D eigenvalue weighted by Gasteiger charge is 2.45. The first-order chi connectivity index (χ1) is 15.8. The summed E-state index contributed by atoms with van der Waals surface area (Å²) in [5.74, 6) is 0. The fourth-order valence-corrected chi connectivity index (χ4v) is 3.50. The number of ether oxygens (including phenoxy) is 4. The van der Waals surface area contributed by atoms with Gasteiger partial charge in [0.25, 0.3) is 11.4 Å². The Labute approximate surface area is 188 Å². The fraction of sp³-hybridized carbons (Fsp3) is 0.429. The van der Waals surface area contributed by atoms with Crippen molar-refractivity contribution in [1.82, 2.24) is 0 Å². The van der Waals surface area contributed by atoms with Gasteiger partial charge in [0.2, 0.25) is 0 Å². The van der Waals surface area contributed by atoms with E-state index in [-0.39, 0.29) is 36.8 Å². The van der Waals surface area contributed by atoms with Crippen LogP contribution >= 0.6 is 0 Å². The highest BCUT2D eigenvalue weighted by molar-refractivity contribution is 5.39. The number of aliphatic hydroxyl groups is 2. The van der Waals surface area contributed by atoms with Gasteiger partial charge in [-0.25, -0.2) is 0 Å². The molecule has 2 aromatic carbocycles. The Balaban J connectivity index is 1.61. The van der Waals surface area contributed by atoms with E-state index in [1.165, 1.54) is 31.4 Å². The van der Waals surface area contributed by atoms with E-state index in [4.69, 9.17) is 18.9 Å². The molecule has 178 valence electrons. The molecule has 0 aliphatic carbocycles. The zero-order valence-corrected chi connectivity index (χ0v) is 17.7. The summed E-state index contributed by atoms with van der Waals surface area (Å²) in [5.41, 5.74) is 0.400. The molecule has 0 saturated carbocycles. The van der Waals surface area contributed by atoms with Gasteiger partial charge in [0, 0.05) is 19.2 Å². The van der Waals surface area contributed by atoms with Crippen LogP contribution in [0.5, 0.6) is 0 Å². The molecule has 12 nitrogen and oxygen atoms in total. The Bertz CT molecular complexity index is 968.